The van der Waals surface area contributed by atoms with E-state index >= 15 is 0 Å². The molecule has 0 amide bonds. The van der Waals surface area contributed by atoms with E-state index in [1.54, 1.807) is 6.20 Å². The monoisotopic (exact) mass is 356 g/mol. The number of rotatable bonds is 4. The zero-order valence-electron chi connectivity index (χ0n) is 10.5. The first kappa shape index (κ1) is 14.7. The number of nitrogens with zero attached hydrogens (tertiary/aromatic N) is 2. The molecular formula is C13H10BrClN2O3. The summed E-state index contributed by atoms with van der Waals surface area (Å²) in [6.45, 7) is 1.85. The standard InChI is InChI=1S/C13H10BrClN2O3/c1-8-4-9(6-14)7-16-13(8)20-12-5-10(17(18)19)2-3-11(12)15/h2-5,7H,6H2,1H3. The largest absolute Gasteiger partial charge is 0.437 e. The van der Waals surface area contributed by atoms with Gasteiger partial charge in [0, 0.05) is 23.2 Å². The summed E-state index contributed by atoms with van der Waals surface area (Å²) in [5.74, 6) is 0.583. The molecule has 0 saturated carbocycles. The highest BCUT2D eigenvalue weighted by Gasteiger charge is 2.13. The first-order chi connectivity index (χ1) is 9.51. The molecule has 0 aliphatic rings. The second-order valence-electron chi connectivity index (χ2n) is 4.07. The minimum Gasteiger partial charge on any atom is -0.437 e. The van der Waals surface area contributed by atoms with Crippen LogP contribution in [-0.2, 0) is 5.33 Å². The maximum Gasteiger partial charge on any atom is 0.273 e. The van der Waals surface area contributed by atoms with Crippen molar-refractivity contribution in [2.75, 3.05) is 0 Å². The molecule has 0 aliphatic carbocycles. The van der Waals surface area contributed by atoms with Crippen LogP contribution in [0.25, 0.3) is 0 Å². The second kappa shape index (κ2) is 6.19. The molecule has 104 valence electrons. The molecule has 1 heterocycles. The lowest BCUT2D eigenvalue weighted by Gasteiger charge is -2.09. The fourth-order valence-electron chi connectivity index (χ4n) is 1.59. The number of aromatic nitrogens is 1. The predicted octanol–water partition coefficient (Wildman–Crippen LogP) is 4.64. The van der Waals surface area contributed by atoms with Crippen molar-refractivity contribution in [1.82, 2.24) is 4.98 Å². The van der Waals surface area contributed by atoms with Crippen molar-refractivity contribution in [3.8, 4) is 11.6 Å². The number of nitro groups is 1. The van der Waals surface area contributed by atoms with E-state index in [1.165, 1.54) is 18.2 Å². The average Bonchev–Trinajstić information content (AvgIpc) is 2.42. The summed E-state index contributed by atoms with van der Waals surface area (Å²) in [7, 11) is 0. The summed E-state index contributed by atoms with van der Waals surface area (Å²) in [6.07, 6.45) is 1.67. The van der Waals surface area contributed by atoms with Crippen molar-refractivity contribution in [1.29, 1.82) is 0 Å². The van der Waals surface area contributed by atoms with Gasteiger partial charge in [0.2, 0.25) is 5.88 Å². The van der Waals surface area contributed by atoms with Crippen LogP contribution < -0.4 is 4.74 Å². The average molecular weight is 358 g/mol. The molecule has 2 aromatic rings. The molecule has 0 spiro atoms. The van der Waals surface area contributed by atoms with E-state index in [-0.39, 0.29) is 11.4 Å². The maximum atomic E-state index is 10.8. The molecular weight excluding hydrogens is 348 g/mol. The summed E-state index contributed by atoms with van der Waals surface area (Å²) in [5, 5.41) is 11.7. The van der Waals surface area contributed by atoms with Crippen LogP contribution in [0.15, 0.2) is 30.5 Å². The fourth-order valence-corrected chi connectivity index (χ4v) is 2.05. The van der Waals surface area contributed by atoms with E-state index < -0.39 is 4.92 Å². The minimum absolute atomic E-state index is 0.0841. The molecule has 0 atom stereocenters. The lowest BCUT2D eigenvalue weighted by molar-refractivity contribution is -0.384. The van der Waals surface area contributed by atoms with Crippen molar-refractivity contribution in [2.24, 2.45) is 0 Å². The highest BCUT2D eigenvalue weighted by atomic mass is 79.9. The van der Waals surface area contributed by atoms with Crippen LogP contribution >= 0.6 is 27.5 Å². The Hall–Kier alpha value is -1.66. The molecule has 0 saturated heterocycles. The normalized spacial score (nSPS) is 10.3. The molecule has 0 bridgehead atoms. The molecule has 1 aromatic carbocycles. The molecule has 0 fully saturated rings. The number of pyridine rings is 1. The molecule has 0 aliphatic heterocycles. The number of aryl methyl sites for hydroxylation is 1. The third-order valence-electron chi connectivity index (χ3n) is 2.57. The summed E-state index contributed by atoms with van der Waals surface area (Å²) < 4.78 is 5.57. The number of hydrogen-bond acceptors (Lipinski definition) is 4. The van der Waals surface area contributed by atoms with Crippen LogP contribution in [0.1, 0.15) is 11.1 Å². The topological polar surface area (TPSA) is 65.3 Å². The van der Waals surface area contributed by atoms with Gasteiger partial charge in [-0.2, -0.15) is 0 Å². The van der Waals surface area contributed by atoms with Crippen LogP contribution in [-0.4, -0.2) is 9.91 Å². The summed E-state index contributed by atoms with van der Waals surface area (Å²) in [5.41, 5.74) is 1.75. The molecule has 0 radical (unpaired) electrons. The van der Waals surface area contributed by atoms with Crippen LogP contribution in [0.5, 0.6) is 11.6 Å². The van der Waals surface area contributed by atoms with Gasteiger partial charge in [-0.15, -0.1) is 0 Å². The molecule has 1 aromatic heterocycles. The molecule has 2 rings (SSSR count). The van der Waals surface area contributed by atoms with Crippen LogP contribution in [0.4, 0.5) is 5.69 Å². The van der Waals surface area contributed by atoms with Gasteiger partial charge in [-0.25, -0.2) is 4.98 Å². The van der Waals surface area contributed by atoms with Gasteiger partial charge in [0.1, 0.15) is 0 Å². The minimum atomic E-state index is -0.503. The predicted molar refractivity (Wildman–Crippen MR) is 79.8 cm³/mol. The molecule has 5 nitrogen and oxygen atoms in total. The number of halogens is 2. The van der Waals surface area contributed by atoms with Gasteiger partial charge in [0.25, 0.3) is 5.69 Å². The number of non-ortho nitro benzene ring substituents is 1. The van der Waals surface area contributed by atoms with Gasteiger partial charge >= 0.3 is 0 Å². The summed E-state index contributed by atoms with van der Waals surface area (Å²) >= 11 is 9.32. The quantitative estimate of drug-likeness (QED) is 0.454. The zero-order valence-corrected chi connectivity index (χ0v) is 12.8. The SMILES string of the molecule is Cc1cc(CBr)cnc1Oc1cc([N+](=O)[O-])ccc1Cl. The number of alkyl halides is 1. The van der Waals surface area contributed by atoms with Crippen molar-refractivity contribution < 1.29 is 9.66 Å². The smallest absolute Gasteiger partial charge is 0.273 e. The van der Waals surface area contributed by atoms with Crippen molar-refractivity contribution >= 4 is 33.2 Å². The van der Waals surface area contributed by atoms with Gasteiger partial charge in [0.05, 0.1) is 16.0 Å². The second-order valence-corrected chi connectivity index (χ2v) is 5.04. The van der Waals surface area contributed by atoms with Crippen molar-refractivity contribution in [3.05, 3.63) is 56.7 Å². The number of hydrogen-bond donors (Lipinski definition) is 0. The Balaban J connectivity index is 2.34. The maximum absolute atomic E-state index is 10.8. The third kappa shape index (κ3) is 3.26. The van der Waals surface area contributed by atoms with Crippen molar-refractivity contribution in [3.63, 3.8) is 0 Å². The van der Waals surface area contributed by atoms with E-state index in [2.05, 4.69) is 20.9 Å². The zero-order chi connectivity index (χ0) is 14.7. The van der Waals surface area contributed by atoms with E-state index in [0.29, 0.717) is 16.2 Å². The first-order valence-electron chi connectivity index (χ1n) is 5.64. The first-order valence-corrected chi connectivity index (χ1v) is 7.14. The van der Waals surface area contributed by atoms with Gasteiger partial charge in [-0.3, -0.25) is 10.1 Å². The Morgan fingerprint density at radius 3 is 2.80 bits per heavy atom. The fraction of sp³-hybridized carbons (Fsp3) is 0.154. The highest BCUT2D eigenvalue weighted by molar-refractivity contribution is 9.08. The van der Waals surface area contributed by atoms with Gasteiger partial charge in [-0.1, -0.05) is 27.5 Å². The van der Waals surface area contributed by atoms with Gasteiger partial charge in [-0.05, 0) is 24.6 Å². The Bertz CT molecular complexity index is 664. The highest BCUT2D eigenvalue weighted by Crippen LogP contribution is 2.33. The lowest BCUT2D eigenvalue weighted by atomic mass is 10.2. The number of nitro benzene ring substituents is 1. The summed E-state index contributed by atoms with van der Waals surface area (Å²) in [6, 6.07) is 5.95. The van der Waals surface area contributed by atoms with Crippen LogP contribution in [0, 0.1) is 17.0 Å². The van der Waals surface area contributed by atoms with Gasteiger partial charge < -0.3 is 4.74 Å². The Kier molecular flexibility index (Phi) is 4.57. The van der Waals surface area contributed by atoms with E-state index in [1.807, 2.05) is 13.0 Å². The third-order valence-corrected chi connectivity index (χ3v) is 3.53. The van der Waals surface area contributed by atoms with E-state index in [0.717, 1.165) is 11.1 Å². The molecule has 20 heavy (non-hydrogen) atoms. The summed E-state index contributed by atoms with van der Waals surface area (Å²) in [4.78, 5) is 14.4. The van der Waals surface area contributed by atoms with E-state index in [9.17, 15) is 10.1 Å². The van der Waals surface area contributed by atoms with Crippen LogP contribution in [0.2, 0.25) is 5.02 Å². The molecule has 0 N–H and O–H groups in total. The Morgan fingerprint density at radius 2 is 2.20 bits per heavy atom. The van der Waals surface area contributed by atoms with Crippen LogP contribution in [0.3, 0.4) is 0 Å². The Labute approximate surface area is 128 Å². The number of ether oxygens (including phenoxy) is 1. The lowest BCUT2D eigenvalue weighted by Crippen LogP contribution is -1.95. The van der Waals surface area contributed by atoms with Crippen molar-refractivity contribution in [2.45, 2.75) is 12.3 Å². The van der Waals surface area contributed by atoms with Gasteiger partial charge in [0.15, 0.2) is 5.75 Å². The Morgan fingerprint density at radius 1 is 1.45 bits per heavy atom. The van der Waals surface area contributed by atoms with E-state index in [4.69, 9.17) is 16.3 Å². The molecule has 7 heteroatoms. The number of benzene rings is 1. The molecule has 0 unspecified atom stereocenters.